The van der Waals surface area contributed by atoms with Crippen molar-refractivity contribution < 1.29 is 9.59 Å². The van der Waals surface area contributed by atoms with Crippen molar-refractivity contribution in [3.8, 4) is 0 Å². The minimum atomic E-state index is -0.605. The SMILES string of the molecule is CC(=O)NC(Cc1c[nH]c2ccccc12)C(=O)N1CCc2ccc(Br)cc21. The number of fused-ring (bicyclic) bond motifs is 2. The Morgan fingerprint density at radius 1 is 1.26 bits per heavy atom. The number of para-hydroxylation sites is 1. The molecule has 0 fully saturated rings. The van der Waals surface area contributed by atoms with Crippen molar-refractivity contribution in [2.45, 2.75) is 25.8 Å². The Labute approximate surface area is 165 Å². The summed E-state index contributed by atoms with van der Waals surface area (Å²) >= 11 is 3.48. The first-order valence-electron chi connectivity index (χ1n) is 8.95. The highest BCUT2D eigenvalue weighted by Crippen LogP contribution is 2.31. The molecule has 1 aromatic heterocycles. The predicted octanol–water partition coefficient (Wildman–Crippen LogP) is 3.57. The summed E-state index contributed by atoms with van der Waals surface area (Å²) in [5.41, 5.74) is 4.12. The summed E-state index contributed by atoms with van der Waals surface area (Å²) < 4.78 is 0.939. The van der Waals surface area contributed by atoms with Gasteiger partial charge in [0.05, 0.1) is 0 Å². The standard InChI is InChI=1S/C21H20BrN3O2/c1-13(26)24-19(10-15-12-23-18-5-3-2-4-17(15)18)21(27)25-9-8-14-6-7-16(22)11-20(14)25/h2-7,11-12,19,23H,8-10H2,1H3,(H,24,26). The Morgan fingerprint density at radius 2 is 2.07 bits per heavy atom. The number of anilines is 1. The molecule has 27 heavy (non-hydrogen) atoms. The fourth-order valence-electron chi connectivity index (χ4n) is 3.74. The zero-order valence-corrected chi connectivity index (χ0v) is 16.5. The zero-order valence-electron chi connectivity index (χ0n) is 15.0. The largest absolute Gasteiger partial charge is 0.361 e. The molecule has 2 aromatic carbocycles. The van der Waals surface area contributed by atoms with Crippen LogP contribution in [0.3, 0.4) is 0 Å². The first-order valence-corrected chi connectivity index (χ1v) is 9.74. The van der Waals surface area contributed by atoms with Gasteiger partial charge in [0.25, 0.3) is 0 Å². The van der Waals surface area contributed by atoms with Crippen molar-refractivity contribution >= 4 is 44.3 Å². The highest BCUT2D eigenvalue weighted by molar-refractivity contribution is 9.10. The molecule has 1 unspecified atom stereocenters. The van der Waals surface area contributed by atoms with Crippen LogP contribution >= 0.6 is 15.9 Å². The molecule has 0 bridgehead atoms. The minimum absolute atomic E-state index is 0.0765. The number of amides is 2. The second kappa shape index (κ2) is 7.19. The van der Waals surface area contributed by atoms with E-state index in [1.165, 1.54) is 6.92 Å². The van der Waals surface area contributed by atoms with Gasteiger partial charge in [-0.2, -0.15) is 0 Å². The number of H-pyrrole nitrogens is 1. The second-order valence-corrected chi connectivity index (χ2v) is 7.75. The lowest BCUT2D eigenvalue weighted by molar-refractivity contribution is -0.126. The molecule has 3 aromatic rings. The first kappa shape index (κ1) is 17.8. The molecule has 0 saturated carbocycles. The lowest BCUT2D eigenvalue weighted by Gasteiger charge is -2.24. The third kappa shape index (κ3) is 3.49. The van der Waals surface area contributed by atoms with Crippen LogP contribution < -0.4 is 10.2 Å². The molecule has 2 heterocycles. The van der Waals surface area contributed by atoms with Gasteiger partial charge in [-0.05, 0) is 35.7 Å². The van der Waals surface area contributed by atoms with E-state index >= 15 is 0 Å². The zero-order chi connectivity index (χ0) is 19.0. The van der Waals surface area contributed by atoms with Crippen molar-refractivity contribution in [3.05, 3.63) is 64.3 Å². The van der Waals surface area contributed by atoms with Crippen molar-refractivity contribution in [1.82, 2.24) is 10.3 Å². The number of rotatable bonds is 4. The molecule has 0 saturated heterocycles. The molecular formula is C21H20BrN3O2. The predicted molar refractivity (Wildman–Crippen MR) is 110 cm³/mol. The Hall–Kier alpha value is -2.60. The monoisotopic (exact) mass is 425 g/mol. The molecule has 0 aliphatic carbocycles. The number of nitrogens with zero attached hydrogens (tertiary/aromatic N) is 1. The van der Waals surface area contributed by atoms with Gasteiger partial charge in [0.2, 0.25) is 11.8 Å². The molecule has 1 aliphatic heterocycles. The van der Waals surface area contributed by atoms with E-state index < -0.39 is 6.04 Å². The smallest absolute Gasteiger partial charge is 0.249 e. The topological polar surface area (TPSA) is 65.2 Å². The number of carbonyl (C=O) groups excluding carboxylic acids is 2. The average Bonchev–Trinajstić information content (AvgIpc) is 3.24. The van der Waals surface area contributed by atoms with Gasteiger partial charge >= 0.3 is 0 Å². The van der Waals surface area contributed by atoms with Crippen molar-refractivity contribution in [3.63, 3.8) is 0 Å². The Bertz CT molecular complexity index is 1030. The van der Waals surface area contributed by atoms with E-state index in [0.29, 0.717) is 13.0 Å². The van der Waals surface area contributed by atoms with Crippen LogP contribution in [-0.2, 0) is 22.4 Å². The fraction of sp³-hybridized carbons (Fsp3) is 0.238. The highest BCUT2D eigenvalue weighted by Gasteiger charge is 2.31. The number of halogens is 1. The van der Waals surface area contributed by atoms with Gasteiger partial charge in [-0.1, -0.05) is 40.2 Å². The second-order valence-electron chi connectivity index (χ2n) is 6.83. The quantitative estimate of drug-likeness (QED) is 0.670. The van der Waals surface area contributed by atoms with Gasteiger partial charge in [0.15, 0.2) is 0 Å². The molecule has 2 amide bonds. The van der Waals surface area contributed by atoms with Gasteiger partial charge in [0.1, 0.15) is 6.04 Å². The maximum atomic E-state index is 13.3. The summed E-state index contributed by atoms with van der Waals surface area (Å²) in [6.45, 7) is 2.08. The third-order valence-electron chi connectivity index (χ3n) is 4.98. The summed E-state index contributed by atoms with van der Waals surface area (Å²) in [5.74, 6) is -0.283. The minimum Gasteiger partial charge on any atom is -0.361 e. The van der Waals surface area contributed by atoms with Crippen molar-refractivity contribution in [2.75, 3.05) is 11.4 Å². The molecule has 0 spiro atoms. The number of benzene rings is 2. The molecule has 5 nitrogen and oxygen atoms in total. The van der Waals surface area contributed by atoms with Gasteiger partial charge < -0.3 is 15.2 Å². The molecule has 4 rings (SSSR count). The van der Waals surface area contributed by atoms with E-state index in [4.69, 9.17) is 0 Å². The number of nitrogens with one attached hydrogen (secondary N) is 2. The molecule has 138 valence electrons. The van der Waals surface area contributed by atoms with Gasteiger partial charge in [-0.15, -0.1) is 0 Å². The Kier molecular flexibility index (Phi) is 4.74. The highest BCUT2D eigenvalue weighted by atomic mass is 79.9. The summed E-state index contributed by atoms with van der Waals surface area (Å²) in [6.07, 6.45) is 3.19. The number of hydrogen-bond acceptors (Lipinski definition) is 2. The maximum Gasteiger partial charge on any atom is 0.249 e. The maximum absolute atomic E-state index is 13.3. The summed E-state index contributed by atoms with van der Waals surface area (Å²) in [6, 6.07) is 13.4. The lowest BCUT2D eigenvalue weighted by Crippen LogP contribution is -2.49. The van der Waals surface area contributed by atoms with Crippen molar-refractivity contribution in [1.29, 1.82) is 0 Å². The summed E-state index contributed by atoms with van der Waals surface area (Å²) in [5, 5.41) is 3.92. The van der Waals surface area contributed by atoms with E-state index in [2.05, 4.69) is 26.2 Å². The van der Waals surface area contributed by atoms with Gasteiger partial charge in [-0.3, -0.25) is 9.59 Å². The van der Waals surface area contributed by atoms with E-state index in [0.717, 1.165) is 38.6 Å². The Balaban J connectivity index is 1.64. The summed E-state index contributed by atoms with van der Waals surface area (Å²) in [7, 11) is 0. The van der Waals surface area contributed by atoms with Crippen LogP contribution in [0.4, 0.5) is 5.69 Å². The van der Waals surface area contributed by atoms with E-state index in [9.17, 15) is 9.59 Å². The third-order valence-corrected chi connectivity index (χ3v) is 5.48. The molecule has 0 radical (unpaired) electrons. The van der Waals surface area contributed by atoms with E-state index in [-0.39, 0.29) is 11.8 Å². The average molecular weight is 426 g/mol. The number of aromatic nitrogens is 1. The van der Waals surface area contributed by atoms with Crippen molar-refractivity contribution in [2.24, 2.45) is 0 Å². The molecule has 1 aliphatic rings. The van der Waals surface area contributed by atoms with Gasteiger partial charge in [0, 0.05) is 47.1 Å². The molecular weight excluding hydrogens is 406 g/mol. The van der Waals surface area contributed by atoms with E-state index in [1.807, 2.05) is 48.7 Å². The molecule has 2 N–H and O–H groups in total. The lowest BCUT2D eigenvalue weighted by atomic mass is 10.0. The molecule has 1 atom stereocenters. The number of aromatic amines is 1. The van der Waals surface area contributed by atoms with Gasteiger partial charge in [-0.25, -0.2) is 0 Å². The number of hydrogen-bond donors (Lipinski definition) is 2. The van der Waals surface area contributed by atoms with Crippen LogP contribution in [0.25, 0.3) is 10.9 Å². The summed E-state index contributed by atoms with van der Waals surface area (Å²) in [4.78, 5) is 30.1. The Morgan fingerprint density at radius 3 is 2.89 bits per heavy atom. The van der Waals surface area contributed by atoms with Crippen LogP contribution in [0, 0.1) is 0 Å². The normalized spacial score (nSPS) is 14.2. The first-order chi connectivity index (χ1) is 13.0. The van der Waals surface area contributed by atoms with Crippen LogP contribution in [0.15, 0.2) is 53.1 Å². The van der Waals surface area contributed by atoms with Crippen LogP contribution in [-0.4, -0.2) is 29.4 Å². The van der Waals surface area contributed by atoms with Crippen LogP contribution in [0.2, 0.25) is 0 Å². The molecule has 6 heteroatoms. The fourth-order valence-corrected chi connectivity index (χ4v) is 4.08. The van der Waals surface area contributed by atoms with Crippen LogP contribution in [0.5, 0.6) is 0 Å². The van der Waals surface area contributed by atoms with Crippen LogP contribution in [0.1, 0.15) is 18.1 Å². The number of carbonyl (C=O) groups is 2. The van der Waals surface area contributed by atoms with E-state index in [1.54, 1.807) is 4.90 Å².